The average Bonchev–Trinajstić information content (AvgIpc) is 3.26. The highest BCUT2D eigenvalue weighted by molar-refractivity contribution is 5.55. The fourth-order valence-electron chi connectivity index (χ4n) is 2.97. The molecule has 0 unspecified atom stereocenters. The quantitative estimate of drug-likeness (QED) is 0.452. The highest BCUT2D eigenvalue weighted by atomic mass is 16.5. The van der Waals surface area contributed by atoms with E-state index in [1.807, 2.05) is 0 Å². The van der Waals surface area contributed by atoms with Crippen molar-refractivity contribution in [3.05, 3.63) is 87.5 Å². The SMILES string of the molecule is COc1ccc(-c2noc(Cn3ccn(-c4ccccc4OC)c(=O)c3=O)n2)cc1. The Hall–Kier alpha value is -4.14. The maximum Gasteiger partial charge on any atom is 0.321 e. The van der Waals surface area contributed by atoms with E-state index in [2.05, 4.69) is 10.1 Å². The van der Waals surface area contributed by atoms with Gasteiger partial charge in [-0.05, 0) is 36.4 Å². The molecule has 9 nitrogen and oxygen atoms in total. The predicted octanol–water partition coefficient (Wildman–Crippen LogP) is 2.11. The van der Waals surface area contributed by atoms with Crippen molar-refractivity contribution in [1.82, 2.24) is 19.3 Å². The first-order valence-corrected chi connectivity index (χ1v) is 9.03. The van der Waals surface area contributed by atoms with Crippen molar-refractivity contribution in [2.75, 3.05) is 14.2 Å². The van der Waals surface area contributed by atoms with Crippen LogP contribution in [0.1, 0.15) is 5.89 Å². The molecule has 4 rings (SSSR count). The average molecular weight is 406 g/mol. The number of aromatic nitrogens is 4. The van der Waals surface area contributed by atoms with Gasteiger partial charge < -0.3 is 14.0 Å². The molecule has 152 valence electrons. The predicted molar refractivity (Wildman–Crippen MR) is 108 cm³/mol. The Morgan fingerprint density at radius 3 is 2.43 bits per heavy atom. The number of hydrogen-bond acceptors (Lipinski definition) is 7. The van der Waals surface area contributed by atoms with Crippen LogP contribution in [-0.4, -0.2) is 33.5 Å². The Morgan fingerprint density at radius 2 is 1.70 bits per heavy atom. The van der Waals surface area contributed by atoms with Gasteiger partial charge >= 0.3 is 11.1 Å². The summed E-state index contributed by atoms with van der Waals surface area (Å²) in [6, 6.07) is 14.1. The summed E-state index contributed by atoms with van der Waals surface area (Å²) < 4.78 is 18.1. The van der Waals surface area contributed by atoms with E-state index in [0.29, 0.717) is 23.0 Å². The van der Waals surface area contributed by atoms with Gasteiger partial charge in [0.05, 0.1) is 19.9 Å². The van der Waals surface area contributed by atoms with Crippen LogP contribution in [0.25, 0.3) is 17.1 Å². The molecule has 0 fully saturated rings. The molecule has 0 aliphatic heterocycles. The maximum absolute atomic E-state index is 12.6. The molecule has 0 aliphatic rings. The summed E-state index contributed by atoms with van der Waals surface area (Å²) >= 11 is 0. The van der Waals surface area contributed by atoms with Gasteiger partial charge in [-0.25, -0.2) is 0 Å². The molecule has 2 aromatic carbocycles. The molecule has 0 bridgehead atoms. The summed E-state index contributed by atoms with van der Waals surface area (Å²) in [6.45, 7) is -0.0238. The summed E-state index contributed by atoms with van der Waals surface area (Å²) in [5, 5.41) is 3.94. The van der Waals surface area contributed by atoms with Crippen LogP contribution in [0.4, 0.5) is 0 Å². The Balaban J connectivity index is 1.62. The van der Waals surface area contributed by atoms with Crippen LogP contribution in [0.5, 0.6) is 11.5 Å². The number of hydrogen-bond donors (Lipinski definition) is 0. The van der Waals surface area contributed by atoms with Gasteiger partial charge in [-0.2, -0.15) is 4.98 Å². The zero-order valence-corrected chi connectivity index (χ0v) is 16.3. The fourth-order valence-corrected chi connectivity index (χ4v) is 2.97. The lowest BCUT2D eigenvalue weighted by Gasteiger charge is -2.11. The fraction of sp³-hybridized carbons (Fsp3) is 0.143. The largest absolute Gasteiger partial charge is 0.497 e. The molecular weight excluding hydrogens is 388 g/mol. The molecule has 0 radical (unpaired) electrons. The Morgan fingerprint density at radius 1 is 0.933 bits per heavy atom. The summed E-state index contributed by atoms with van der Waals surface area (Å²) in [5.74, 6) is 1.78. The van der Waals surface area contributed by atoms with Gasteiger partial charge in [0.1, 0.15) is 18.0 Å². The lowest BCUT2D eigenvalue weighted by atomic mass is 10.2. The highest BCUT2D eigenvalue weighted by Crippen LogP contribution is 2.21. The van der Waals surface area contributed by atoms with Crippen molar-refractivity contribution in [2.24, 2.45) is 0 Å². The molecule has 0 saturated carbocycles. The molecule has 4 aromatic rings. The van der Waals surface area contributed by atoms with E-state index in [4.69, 9.17) is 14.0 Å². The number of nitrogens with zero attached hydrogens (tertiary/aromatic N) is 4. The van der Waals surface area contributed by atoms with Crippen LogP contribution in [-0.2, 0) is 6.54 Å². The second-order valence-electron chi connectivity index (χ2n) is 6.32. The van der Waals surface area contributed by atoms with Crippen LogP contribution in [0.15, 0.2) is 75.0 Å². The molecule has 0 aliphatic carbocycles. The lowest BCUT2D eigenvalue weighted by Crippen LogP contribution is -2.40. The normalized spacial score (nSPS) is 10.7. The summed E-state index contributed by atoms with van der Waals surface area (Å²) in [5.41, 5.74) is -0.205. The van der Waals surface area contributed by atoms with Crippen LogP contribution in [0.3, 0.4) is 0 Å². The van der Waals surface area contributed by atoms with E-state index in [9.17, 15) is 9.59 Å². The van der Waals surface area contributed by atoms with Gasteiger partial charge in [0.15, 0.2) is 0 Å². The lowest BCUT2D eigenvalue weighted by molar-refractivity contribution is 0.369. The van der Waals surface area contributed by atoms with Crippen molar-refractivity contribution < 1.29 is 14.0 Å². The summed E-state index contributed by atoms with van der Waals surface area (Å²) in [7, 11) is 3.09. The molecule has 0 N–H and O–H groups in total. The van der Waals surface area contributed by atoms with Crippen molar-refractivity contribution in [1.29, 1.82) is 0 Å². The third kappa shape index (κ3) is 3.60. The van der Waals surface area contributed by atoms with Gasteiger partial charge in [-0.3, -0.25) is 18.7 Å². The van der Waals surface area contributed by atoms with E-state index in [1.54, 1.807) is 55.6 Å². The van der Waals surface area contributed by atoms with E-state index in [0.717, 1.165) is 5.56 Å². The summed E-state index contributed by atoms with van der Waals surface area (Å²) in [6.07, 6.45) is 3.00. The van der Waals surface area contributed by atoms with Gasteiger partial charge in [0.25, 0.3) is 0 Å². The van der Waals surface area contributed by atoms with Gasteiger partial charge in [0.2, 0.25) is 11.7 Å². The first kappa shape index (κ1) is 19.2. The third-order valence-corrected chi connectivity index (χ3v) is 4.52. The smallest absolute Gasteiger partial charge is 0.321 e. The first-order chi connectivity index (χ1) is 14.6. The zero-order chi connectivity index (χ0) is 21.1. The minimum Gasteiger partial charge on any atom is -0.497 e. The van der Waals surface area contributed by atoms with Crippen molar-refractivity contribution >= 4 is 0 Å². The molecule has 2 aromatic heterocycles. The number of ether oxygens (including phenoxy) is 2. The van der Waals surface area contributed by atoms with E-state index >= 15 is 0 Å². The molecule has 9 heteroatoms. The van der Waals surface area contributed by atoms with E-state index < -0.39 is 11.1 Å². The molecule has 0 saturated heterocycles. The van der Waals surface area contributed by atoms with E-state index in [-0.39, 0.29) is 12.4 Å². The molecular formula is C21H18N4O5. The molecule has 2 heterocycles. The zero-order valence-electron chi connectivity index (χ0n) is 16.3. The first-order valence-electron chi connectivity index (χ1n) is 9.03. The van der Waals surface area contributed by atoms with Gasteiger partial charge in [0, 0.05) is 18.0 Å². The van der Waals surface area contributed by atoms with Crippen molar-refractivity contribution in [3.63, 3.8) is 0 Å². The Labute approximate surface area is 170 Å². The van der Waals surface area contributed by atoms with Crippen LogP contribution in [0.2, 0.25) is 0 Å². The van der Waals surface area contributed by atoms with Crippen LogP contribution in [0, 0.1) is 0 Å². The van der Waals surface area contributed by atoms with E-state index in [1.165, 1.54) is 28.6 Å². The number of benzene rings is 2. The monoisotopic (exact) mass is 406 g/mol. The standard InChI is InChI=1S/C21H18N4O5/c1-28-15-9-7-14(8-10-15)19-22-18(30-23-19)13-24-11-12-25(21(27)20(24)26)16-5-3-4-6-17(16)29-2/h3-12H,13H2,1-2H3. The Bertz CT molecular complexity index is 1290. The topological polar surface area (TPSA) is 101 Å². The van der Waals surface area contributed by atoms with Gasteiger partial charge in [-0.15, -0.1) is 0 Å². The summed E-state index contributed by atoms with van der Waals surface area (Å²) in [4.78, 5) is 29.5. The minimum absolute atomic E-state index is 0.0238. The molecule has 0 amide bonds. The molecule has 30 heavy (non-hydrogen) atoms. The molecule has 0 spiro atoms. The highest BCUT2D eigenvalue weighted by Gasteiger charge is 2.14. The Kier molecular flexibility index (Phi) is 5.17. The van der Waals surface area contributed by atoms with Gasteiger partial charge in [-0.1, -0.05) is 17.3 Å². The van der Waals surface area contributed by atoms with Crippen molar-refractivity contribution in [3.8, 4) is 28.6 Å². The van der Waals surface area contributed by atoms with Crippen molar-refractivity contribution in [2.45, 2.75) is 6.54 Å². The number of methoxy groups -OCH3 is 2. The number of para-hydroxylation sites is 2. The van der Waals surface area contributed by atoms with Crippen LogP contribution < -0.4 is 20.6 Å². The third-order valence-electron chi connectivity index (χ3n) is 4.52. The maximum atomic E-state index is 12.6. The number of rotatable bonds is 6. The second kappa shape index (κ2) is 8.08. The minimum atomic E-state index is -0.715. The second-order valence-corrected chi connectivity index (χ2v) is 6.32. The van der Waals surface area contributed by atoms with Crippen LogP contribution >= 0.6 is 0 Å². The molecule has 0 atom stereocenters.